The molecule has 0 aromatic carbocycles. The second-order valence-electron chi connectivity index (χ2n) is 1.26. The van der Waals surface area contributed by atoms with Gasteiger partial charge >= 0.3 is 0 Å². The normalized spacial score (nSPS) is 11.1. The van der Waals surface area contributed by atoms with E-state index in [1.54, 1.807) is 13.0 Å². The number of hydrogen-bond acceptors (Lipinski definition) is 1. The lowest BCUT2D eigenvalue weighted by molar-refractivity contribution is -0.110. The SMILES string of the molecule is [B]/C=C/C(=O)/C=C/C. The average molecular weight is 106 g/mol. The molecular formula is C6H7BO. The lowest BCUT2D eigenvalue weighted by Gasteiger charge is -1.75. The number of carbonyl (C=O) groups is 1. The maximum atomic E-state index is 10.4. The highest BCUT2D eigenvalue weighted by Crippen LogP contribution is 1.76. The summed E-state index contributed by atoms with van der Waals surface area (Å²) in [6, 6.07) is 0. The highest BCUT2D eigenvalue weighted by atomic mass is 16.1. The monoisotopic (exact) mass is 106 g/mol. The Bertz CT molecular complexity index is 110. The minimum absolute atomic E-state index is 0.0741. The van der Waals surface area contributed by atoms with Crippen LogP contribution in [0.25, 0.3) is 0 Å². The van der Waals surface area contributed by atoms with E-state index in [0.717, 1.165) is 0 Å². The van der Waals surface area contributed by atoms with Crippen molar-refractivity contribution >= 4 is 13.6 Å². The largest absolute Gasteiger partial charge is 0.290 e. The average Bonchev–Trinajstić information content (AvgIpc) is 1.68. The fourth-order valence-electron chi connectivity index (χ4n) is 0.315. The van der Waals surface area contributed by atoms with Crippen molar-refractivity contribution < 1.29 is 4.79 Å². The van der Waals surface area contributed by atoms with Crippen molar-refractivity contribution in [2.75, 3.05) is 0 Å². The fraction of sp³-hybridized carbons (Fsp3) is 0.167. The molecule has 0 aromatic rings. The first-order valence-corrected chi connectivity index (χ1v) is 2.36. The quantitative estimate of drug-likeness (QED) is 0.376. The molecule has 8 heavy (non-hydrogen) atoms. The summed E-state index contributed by atoms with van der Waals surface area (Å²) in [7, 11) is 4.92. The van der Waals surface area contributed by atoms with E-state index >= 15 is 0 Å². The Balaban J connectivity index is 3.66. The molecule has 0 aliphatic heterocycles. The lowest BCUT2D eigenvalue weighted by atomic mass is 10.1. The van der Waals surface area contributed by atoms with E-state index < -0.39 is 0 Å². The molecule has 0 aliphatic rings. The summed E-state index contributed by atoms with van der Waals surface area (Å²) in [4.78, 5) is 10.4. The number of ketones is 1. The summed E-state index contributed by atoms with van der Waals surface area (Å²) in [6.45, 7) is 1.78. The van der Waals surface area contributed by atoms with Crippen LogP contribution in [-0.4, -0.2) is 13.6 Å². The molecule has 0 atom stereocenters. The molecule has 0 fully saturated rings. The van der Waals surface area contributed by atoms with Crippen LogP contribution in [0.3, 0.4) is 0 Å². The van der Waals surface area contributed by atoms with Crippen LogP contribution in [0.15, 0.2) is 24.2 Å². The summed E-state index contributed by atoms with van der Waals surface area (Å²) in [6.07, 6.45) is 4.42. The van der Waals surface area contributed by atoms with Crippen molar-refractivity contribution in [3.63, 3.8) is 0 Å². The molecule has 2 heteroatoms. The van der Waals surface area contributed by atoms with Crippen molar-refractivity contribution in [2.24, 2.45) is 0 Å². The number of rotatable bonds is 2. The summed E-state index contributed by atoms with van der Waals surface area (Å²) >= 11 is 0. The van der Waals surface area contributed by atoms with E-state index in [-0.39, 0.29) is 5.78 Å². The Labute approximate surface area is 50.5 Å². The summed E-state index contributed by atoms with van der Waals surface area (Å²) in [5.41, 5.74) is 0. The zero-order chi connectivity index (χ0) is 6.41. The van der Waals surface area contributed by atoms with Crippen LogP contribution < -0.4 is 0 Å². The van der Waals surface area contributed by atoms with Gasteiger partial charge in [0, 0.05) is 0 Å². The minimum Gasteiger partial charge on any atom is -0.290 e. The molecule has 0 bridgehead atoms. The number of hydrogen-bond donors (Lipinski definition) is 0. The van der Waals surface area contributed by atoms with E-state index in [4.69, 9.17) is 7.85 Å². The first kappa shape index (κ1) is 7.21. The standard InChI is InChI=1S/C6H7BO/c1-2-3-6(8)4-5-7/h2-5H,1H3/b3-2+,5-4+. The predicted molar refractivity (Wildman–Crippen MR) is 34.7 cm³/mol. The molecule has 0 aliphatic carbocycles. The van der Waals surface area contributed by atoms with Crippen LogP contribution in [0.4, 0.5) is 0 Å². The predicted octanol–water partition coefficient (Wildman–Crippen LogP) is 0.814. The first-order chi connectivity index (χ1) is 3.81. The van der Waals surface area contributed by atoms with Gasteiger partial charge in [-0.15, -0.1) is 5.98 Å². The fourth-order valence-corrected chi connectivity index (χ4v) is 0.315. The number of carbonyl (C=O) groups excluding carboxylic acids is 1. The Morgan fingerprint density at radius 2 is 2.12 bits per heavy atom. The Kier molecular flexibility index (Phi) is 3.95. The van der Waals surface area contributed by atoms with Gasteiger partial charge in [0.05, 0.1) is 0 Å². The molecule has 40 valence electrons. The second-order valence-corrected chi connectivity index (χ2v) is 1.26. The molecule has 0 N–H and O–H groups in total. The molecular weight excluding hydrogens is 98.9 g/mol. The first-order valence-electron chi connectivity index (χ1n) is 2.36. The van der Waals surface area contributed by atoms with E-state index in [1.165, 1.54) is 18.1 Å². The maximum Gasteiger partial charge on any atom is 0.177 e. The molecule has 0 aromatic heterocycles. The molecule has 0 rings (SSSR count). The van der Waals surface area contributed by atoms with Crippen molar-refractivity contribution in [3.05, 3.63) is 24.2 Å². The molecule has 0 heterocycles. The molecule has 1 nitrogen and oxygen atoms in total. The van der Waals surface area contributed by atoms with Gasteiger partial charge in [0.25, 0.3) is 0 Å². The Hall–Kier alpha value is -0.785. The van der Waals surface area contributed by atoms with Crippen molar-refractivity contribution in [2.45, 2.75) is 6.92 Å². The van der Waals surface area contributed by atoms with E-state index in [9.17, 15) is 4.79 Å². The molecule has 0 spiro atoms. The van der Waals surface area contributed by atoms with E-state index in [2.05, 4.69) is 0 Å². The second kappa shape index (κ2) is 4.38. The molecule has 0 saturated heterocycles. The van der Waals surface area contributed by atoms with Crippen molar-refractivity contribution in [1.29, 1.82) is 0 Å². The third-order valence-electron chi connectivity index (χ3n) is 0.591. The van der Waals surface area contributed by atoms with E-state index in [1.807, 2.05) is 0 Å². The van der Waals surface area contributed by atoms with Gasteiger partial charge < -0.3 is 0 Å². The molecule has 2 radical (unpaired) electrons. The highest BCUT2D eigenvalue weighted by Gasteiger charge is 1.80. The highest BCUT2D eigenvalue weighted by molar-refractivity contribution is 6.19. The van der Waals surface area contributed by atoms with E-state index in [0.29, 0.717) is 0 Å². The van der Waals surface area contributed by atoms with Crippen LogP contribution >= 0.6 is 0 Å². The number of allylic oxidation sites excluding steroid dienone is 3. The topological polar surface area (TPSA) is 17.1 Å². The molecule has 0 amide bonds. The minimum atomic E-state index is -0.0741. The zero-order valence-corrected chi connectivity index (χ0v) is 4.79. The van der Waals surface area contributed by atoms with Gasteiger partial charge in [-0.1, -0.05) is 6.08 Å². The summed E-state index contributed by atoms with van der Waals surface area (Å²) < 4.78 is 0. The van der Waals surface area contributed by atoms with Crippen LogP contribution in [0.5, 0.6) is 0 Å². The van der Waals surface area contributed by atoms with Gasteiger partial charge in [-0.3, -0.25) is 4.79 Å². The third-order valence-corrected chi connectivity index (χ3v) is 0.591. The van der Waals surface area contributed by atoms with Crippen molar-refractivity contribution in [3.8, 4) is 0 Å². The van der Waals surface area contributed by atoms with Crippen LogP contribution in [-0.2, 0) is 4.79 Å². The summed E-state index contributed by atoms with van der Waals surface area (Å²) in [5, 5.41) is 0. The third kappa shape index (κ3) is 3.41. The summed E-state index contributed by atoms with van der Waals surface area (Å²) in [5.74, 6) is 1.15. The smallest absolute Gasteiger partial charge is 0.177 e. The molecule has 0 unspecified atom stereocenters. The molecule has 0 saturated carbocycles. The zero-order valence-electron chi connectivity index (χ0n) is 4.79. The van der Waals surface area contributed by atoms with Gasteiger partial charge in [0.2, 0.25) is 0 Å². The van der Waals surface area contributed by atoms with Crippen LogP contribution in [0, 0.1) is 0 Å². The Morgan fingerprint density at radius 1 is 1.50 bits per heavy atom. The van der Waals surface area contributed by atoms with Crippen molar-refractivity contribution in [1.82, 2.24) is 0 Å². The van der Waals surface area contributed by atoms with Gasteiger partial charge in [-0.25, -0.2) is 0 Å². The Morgan fingerprint density at radius 3 is 2.50 bits per heavy atom. The van der Waals surface area contributed by atoms with Gasteiger partial charge in [0.1, 0.15) is 7.85 Å². The van der Waals surface area contributed by atoms with Gasteiger partial charge in [-0.2, -0.15) is 0 Å². The van der Waals surface area contributed by atoms with Gasteiger partial charge in [-0.05, 0) is 19.1 Å². The lowest BCUT2D eigenvalue weighted by Crippen LogP contribution is -1.82. The van der Waals surface area contributed by atoms with Gasteiger partial charge in [0.15, 0.2) is 5.78 Å². The van der Waals surface area contributed by atoms with Crippen LogP contribution in [0.2, 0.25) is 0 Å². The van der Waals surface area contributed by atoms with Crippen LogP contribution in [0.1, 0.15) is 6.92 Å². The maximum absolute atomic E-state index is 10.4.